The van der Waals surface area contributed by atoms with Crippen molar-refractivity contribution in [2.24, 2.45) is 5.92 Å². The molecule has 3 heterocycles. The first-order valence-corrected chi connectivity index (χ1v) is 9.28. The summed E-state index contributed by atoms with van der Waals surface area (Å²) >= 11 is 0. The number of benzene rings is 1. The van der Waals surface area contributed by atoms with Gasteiger partial charge in [0.15, 0.2) is 0 Å². The van der Waals surface area contributed by atoms with Gasteiger partial charge in [0.2, 0.25) is 5.91 Å². The van der Waals surface area contributed by atoms with E-state index >= 15 is 0 Å². The van der Waals surface area contributed by atoms with Crippen LogP contribution in [0.4, 0.5) is 0 Å². The smallest absolute Gasteiger partial charge is 0.227 e. The highest BCUT2D eigenvalue weighted by atomic mass is 16.2. The molecule has 0 spiro atoms. The molecular weight excluding hydrogens is 312 g/mol. The Morgan fingerprint density at radius 3 is 2.84 bits per heavy atom. The summed E-state index contributed by atoms with van der Waals surface area (Å²) in [6, 6.07) is 8.62. The van der Waals surface area contributed by atoms with Crippen LogP contribution in [0, 0.1) is 12.8 Å². The number of aromatic nitrogens is 2. The van der Waals surface area contributed by atoms with Gasteiger partial charge in [-0.05, 0) is 49.9 Å². The van der Waals surface area contributed by atoms with E-state index in [2.05, 4.69) is 39.8 Å². The number of fused-ring (bicyclic) bond motifs is 1. The van der Waals surface area contributed by atoms with Gasteiger partial charge in [-0.1, -0.05) is 24.3 Å². The average molecular weight is 338 g/mol. The molecule has 0 bridgehead atoms. The van der Waals surface area contributed by atoms with E-state index in [0.29, 0.717) is 13.0 Å². The van der Waals surface area contributed by atoms with Crippen molar-refractivity contribution in [1.29, 1.82) is 0 Å². The minimum atomic E-state index is 0.207. The van der Waals surface area contributed by atoms with Gasteiger partial charge < -0.3 is 10.2 Å². The Balaban J connectivity index is 1.35. The number of carbonyl (C=O) groups excluding carboxylic acids is 1. The summed E-state index contributed by atoms with van der Waals surface area (Å²) in [7, 11) is 0. The molecule has 4 rings (SSSR count). The van der Waals surface area contributed by atoms with Gasteiger partial charge in [-0.2, -0.15) is 5.10 Å². The standard InChI is InChI=1S/C20H26N4O/c1-14-18-13-24(9-7-19(18)23-22-14)20(25)11-16-4-2-15(3-5-16)10-17-6-8-21-12-17/h2-5,17,21H,6-13H2,1H3,(H,22,23). The predicted molar refractivity (Wildman–Crippen MR) is 97.3 cm³/mol. The lowest BCUT2D eigenvalue weighted by molar-refractivity contribution is -0.131. The molecular formula is C20H26N4O. The molecule has 5 nitrogen and oxygen atoms in total. The molecule has 1 aromatic heterocycles. The highest BCUT2D eigenvalue weighted by molar-refractivity contribution is 5.79. The topological polar surface area (TPSA) is 61.0 Å². The molecule has 2 aliphatic heterocycles. The summed E-state index contributed by atoms with van der Waals surface area (Å²) in [6.07, 6.45) is 3.73. The maximum Gasteiger partial charge on any atom is 0.227 e. The number of amides is 1. The lowest BCUT2D eigenvalue weighted by atomic mass is 9.97. The lowest BCUT2D eigenvalue weighted by Crippen LogP contribution is -2.36. The Labute approximate surface area is 148 Å². The summed E-state index contributed by atoms with van der Waals surface area (Å²) in [5, 5.41) is 10.8. The largest absolute Gasteiger partial charge is 0.338 e. The average Bonchev–Trinajstić information content (AvgIpc) is 3.26. The second-order valence-corrected chi connectivity index (χ2v) is 7.40. The number of nitrogens with zero attached hydrogens (tertiary/aromatic N) is 2. The molecule has 1 unspecified atom stereocenters. The third-order valence-corrected chi connectivity index (χ3v) is 5.54. The lowest BCUT2D eigenvalue weighted by Gasteiger charge is -2.27. The maximum atomic E-state index is 12.7. The number of hydrogen-bond donors (Lipinski definition) is 2. The van der Waals surface area contributed by atoms with E-state index in [1.807, 2.05) is 11.8 Å². The van der Waals surface area contributed by atoms with E-state index in [4.69, 9.17) is 0 Å². The number of aromatic amines is 1. The van der Waals surface area contributed by atoms with Gasteiger partial charge in [0.05, 0.1) is 12.1 Å². The number of carbonyl (C=O) groups is 1. The van der Waals surface area contributed by atoms with Crippen molar-refractivity contribution in [1.82, 2.24) is 20.4 Å². The number of H-pyrrole nitrogens is 1. The van der Waals surface area contributed by atoms with Crippen molar-refractivity contribution in [3.05, 3.63) is 52.3 Å². The van der Waals surface area contributed by atoms with E-state index in [0.717, 1.165) is 55.3 Å². The fraction of sp³-hybridized carbons (Fsp3) is 0.500. The normalized spacial score (nSPS) is 19.9. The van der Waals surface area contributed by atoms with Gasteiger partial charge >= 0.3 is 0 Å². The molecule has 5 heteroatoms. The van der Waals surface area contributed by atoms with Crippen LogP contribution >= 0.6 is 0 Å². The van der Waals surface area contributed by atoms with Gasteiger partial charge in [-0.3, -0.25) is 9.89 Å². The molecule has 1 aromatic carbocycles. The summed E-state index contributed by atoms with van der Waals surface area (Å²) in [5.74, 6) is 0.965. The summed E-state index contributed by atoms with van der Waals surface area (Å²) in [5.41, 5.74) is 5.88. The first-order chi connectivity index (χ1) is 12.2. The third kappa shape index (κ3) is 3.61. The SMILES string of the molecule is Cc1[nH]nc2c1CN(C(=O)Cc1ccc(CC3CCNC3)cc1)CC2. The molecule has 2 aliphatic rings. The maximum absolute atomic E-state index is 12.7. The van der Waals surface area contributed by atoms with Crippen molar-refractivity contribution < 1.29 is 4.79 Å². The number of aryl methyl sites for hydroxylation is 1. The molecule has 1 atom stereocenters. The van der Waals surface area contributed by atoms with Gasteiger partial charge in [-0.15, -0.1) is 0 Å². The van der Waals surface area contributed by atoms with E-state index in [1.54, 1.807) is 0 Å². The van der Waals surface area contributed by atoms with E-state index < -0.39 is 0 Å². The predicted octanol–water partition coefficient (Wildman–Crippen LogP) is 2.00. The highest BCUT2D eigenvalue weighted by Gasteiger charge is 2.24. The van der Waals surface area contributed by atoms with Crippen molar-refractivity contribution in [2.45, 2.75) is 39.2 Å². The molecule has 1 saturated heterocycles. The van der Waals surface area contributed by atoms with Crippen LogP contribution in [0.15, 0.2) is 24.3 Å². The van der Waals surface area contributed by atoms with Gasteiger partial charge in [-0.25, -0.2) is 0 Å². The van der Waals surface area contributed by atoms with E-state index in [1.165, 1.54) is 17.5 Å². The number of nitrogens with one attached hydrogen (secondary N) is 2. The zero-order valence-electron chi connectivity index (χ0n) is 14.8. The van der Waals surface area contributed by atoms with Crippen LogP contribution in [0.3, 0.4) is 0 Å². The van der Waals surface area contributed by atoms with Crippen molar-refractivity contribution >= 4 is 5.91 Å². The second-order valence-electron chi connectivity index (χ2n) is 7.40. The first kappa shape index (κ1) is 16.3. The van der Waals surface area contributed by atoms with Crippen LogP contribution in [0.2, 0.25) is 0 Å². The number of rotatable bonds is 4. The van der Waals surface area contributed by atoms with Crippen molar-refractivity contribution in [3.63, 3.8) is 0 Å². The molecule has 1 fully saturated rings. The quantitative estimate of drug-likeness (QED) is 0.896. The Kier molecular flexibility index (Phi) is 4.57. The zero-order valence-corrected chi connectivity index (χ0v) is 14.8. The highest BCUT2D eigenvalue weighted by Crippen LogP contribution is 2.21. The molecule has 0 radical (unpaired) electrons. The molecule has 2 N–H and O–H groups in total. The van der Waals surface area contributed by atoms with Crippen molar-refractivity contribution in [2.75, 3.05) is 19.6 Å². The molecule has 25 heavy (non-hydrogen) atoms. The zero-order chi connectivity index (χ0) is 17.2. The molecule has 1 amide bonds. The Morgan fingerprint density at radius 2 is 2.08 bits per heavy atom. The van der Waals surface area contributed by atoms with Gasteiger partial charge in [0.25, 0.3) is 0 Å². The minimum absolute atomic E-state index is 0.207. The van der Waals surface area contributed by atoms with Crippen LogP contribution in [-0.4, -0.2) is 40.6 Å². The Morgan fingerprint density at radius 1 is 1.28 bits per heavy atom. The summed E-state index contributed by atoms with van der Waals surface area (Å²) in [6.45, 7) is 5.75. The minimum Gasteiger partial charge on any atom is -0.338 e. The van der Waals surface area contributed by atoms with E-state index in [9.17, 15) is 4.79 Å². The van der Waals surface area contributed by atoms with Crippen LogP contribution in [0.1, 0.15) is 34.5 Å². The third-order valence-electron chi connectivity index (χ3n) is 5.54. The first-order valence-electron chi connectivity index (χ1n) is 9.28. The molecule has 2 aromatic rings. The van der Waals surface area contributed by atoms with Gasteiger partial charge in [0, 0.05) is 30.8 Å². The molecule has 0 aliphatic carbocycles. The fourth-order valence-electron chi connectivity index (χ4n) is 3.94. The van der Waals surface area contributed by atoms with Gasteiger partial charge in [0.1, 0.15) is 0 Å². The Hall–Kier alpha value is -2.14. The monoisotopic (exact) mass is 338 g/mol. The van der Waals surface area contributed by atoms with Crippen LogP contribution < -0.4 is 5.32 Å². The second kappa shape index (κ2) is 7.00. The fourth-order valence-corrected chi connectivity index (χ4v) is 3.94. The van der Waals surface area contributed by atoms with Crippen molar-refractivity contribution in [3.8, 4) is 0 Å². The van der Waals surface area contributed by atoms with E-state index in [-0.39, 0.29) is 5.91 Å². The molecule has 0 saturated carbocycles. The Bertz CT molecular complexity index is 744. The molecule has 132 valence electrons. The summed E-state index contributed by atoms with van der Waals surface area (Å²) in [4.78, 5) is 14.6. The van der Waals surface area contributed by atoms with Crippen LogP contribution in [-0.2, 0) is 30.6 Å². The number of hydrogen-bond acceptors (Lipinski definition) is 3. The summed E-state index contributed by atoms with van der Waals surface area (Å²) < 4.78 is 0. The van der Waals surface area contributed by atoms with Crippen LogP contribution in [0.5, 0.6) is 0 Å². The van der Waals surface area contributed by atoms with Crippen LogP contribution in [0.25, 0.3) is 0 Å².